The maximum atomic E-state index is 12.1. The smallest absolute Gasteiger partial charge is 0.233 e. The molecule has 0 spiro atoms. The third-order valence-electron chi connectivity index (χ3n) is 4.07. The summed E-state index contributed by atoms with van der Waals surface area (Å²) in [7, 11) is 1.62. The first-order chi connectivity index (χ1) is 12.5. The Morgan fingerprint density at radius 3 is 2.35 bits per heavy atom. The van der Waals surface area contributed by atoms with Gasteiger partial charge in [-0.15, -0.1) is 0 Å². The minimum Gasteiger partial charge on any atom is -0.497 e. The van der Waals surface area contributed by atoms with Gasteiger partial charge >= 0.3 is 0 Å². The molecule has 0 aromatic heterocycles. The molecule has 2 amide bonds. The van der Waals surface area contributed by atoms with Crippen molar-refractivity contribution in [3.05, 3.63) is 59.7 Å². The molecule has 0 saturated carbocycles. The van der Waals surface area contributed by atoms with Crippen molar-refractivity contribution in [2.24, 2.45) is 0 Å². The van der Waals surface area contributed by atoms with Gasteiger partial charge in [-0.25, -0.2) is 0 Å². The number of hydrogen-bond donors (Lipinski definition) is 2. The Morgan fingerprint density at radius 2 is 1.69 bits per heavy atom. The van der Waals surface area contributed by atoms with E-state index < -0.39 is 0 Å². The number of anilines is 1. The number of rotatable bonds is 8. The van der Waals surface area contributed by atoms with E-state index in [0.717, 1.165) is 22.6 Å². The number of amides is 2. The van der Waals surface area contributed by atoms with Gasteiger partial charge in [0.2, 0.25) is 11.8 Å². The van der Waals surface area contributed by atoms with E-state index in [4.69, 9.17) is 4.74 Å². The summed E-state index contributed by atoms with van der Waals surface area (Å²) in [6, 6.07) is 15.3. The Balaban J connectivity index is 1.77. The zero-order valence-corrected chi connectivity index (χ0v) is 15.5. The van der Waals surface area contributed by atoms with Crippen LogP contribution in [0, 0.1) is 0 Å². The number of benzene rings is 2. The molecule has 0 saturated heterocycles. The molecule has 0 aliphatic rings. The molecule has 26 heavy (non-hydrogen) atoms. The Hall–Kier alpha value is -2.82. The van der Waals surface area contributed by atoms with Crippen molar-refractivity contribution in [3.8, 4) is 5.75 Å². The lowest BCUT2D eigenvalue weighted by Gasteiger charge is -2.13. The number of nitrogens with one attached hydrogen (secondary N) is 2. The van der Waals surface area contributed by atoms with Crippen molar-refractivity contribution in [1.82, 2.24) is 5.32 Å². The SMILES string of the molecule is COc1ccc(CCNC(=O)CC(=O)Nc2ccccc2C(C)C)cc1. The van der Waals surface area contributed by atoms with Gasteiger partial charge < -0.3 is 15.4 Å². The van der Waals surface area contributed by atoms with Gasteiger partial charge in [0.25, 0.3) is 0 Å². The number of ether oxygens (including phenoxy) is 1. The average Bonchev–Trinajstić information content (AvgIpc) is 2.62. The van der Waals surface area contributed by atoms with Crippen LogP contribution < -0.4 is 15.4 Å². The summed E-state index contributed by atoms with van der Waals surface area (Å²) in [5.41, 5.74) is 2.92. The van der Waals surface area contributed by atoms with Gasteiger partial charge in [-0.2, -0.15) is 0 Å². The number of hydrogen-bond acceptors (Lipinski definition) is 3. The van der Waals surface area contributed by atoms with Crippen LogP contribution in [0.3, 0.4) is 0 Å². The molecule has 2 aromatic rings. The zero-order chi connectivity index (χ0) is 18.9. The molecule has 2 aromatic carbocycles. The molecule has 2 N–H and O–H groups in total. The third-order valence-corrected chi connectivity index (χ3v) is 4.07. The molecule has 5 heteroatoms. The highest BCUT2D eigenvalue weighted by Gasteiger charge is 2.12. The monoisotopic (exact) mass is 354 g/mol. The molecule has 0 aliphatic carbocycles. The lowest BCUT2D eigenvalue weighted by Crippen LogP contribution is -2.29. The van der Waals surface area contributed by atoms with Crippen molar-refractivity contribution < 1.29 is 14.3 Å². The van der Waals surface area contributed by atoms with E-state index >= 15 is 0 Å². The average molecular weight is 354 g/mol. The van der Waals surface area contributed by atoms with Crippen LogP contribution in [0.25, 0.3) is 0 Å². The predicted molar refractivity (Wildman–Crippen MR) is 103 cm³/mol. The molecule has 0 atom stereocenters. The molecule has 2 rings (SSSR count). The highest BCUT2D eigenvalue weighted by molar-refractivity contribution is 6.03. The van der Waals surface area contributed by atoms with E-state index in [0.29, 0.717) is 18.9 Å². The normalized spacial score (nSPS) is 10.5. The van der Waals surface area contributed by atoms with Crippen molar-refractivity contribution >= 4 is 17.5 Å². The first-order valence-corrected chi connectivity index (χ1v) is 8.78. The molecule has 0 unspecified atom stereocenters. The zero-order valence-electron chi connectivity index (χ0n) is 15.5. The molecule has 0 fully saturated rings. The Kier molecular flexibility index (Phi) is 7.21. The van der Waals surface area contributed by atoms with Gasteiger partial charge in [0.05, 0.1) is 7.11 Å². The van der Waals surface area contributed by atoms with Crippen LogP contribution in [0.1, 0.15) is 37.3 Å². The summed E-state index contributed by atoms with van der Waals surface area (Å²) in [4.78, 5) is 24.1. The second-order valence-corrected chi connectivity index (χ2v) is 6.41. The van der Waals surface area contributed by atoms with Crippen molar-refractivity contribution in [3.63, 3.8) is 0 Å². The Morgan fingerprint density at radius 1 is 1.00 bits per heavy atom. The maximum absolute atomic E-state index is 12.1. The summed E-state index contributed by atoms with van der Waals surface area (Å²) in [6.45, 7) is 4.62. The van der Waals surface area contributed by atoms with Crippen molar-refractivity contribution in [1.29, 1.82) is 0 Å². The van der Waals surface area contributed by atoms with E-state index in [1.807, 2.05) is 48.5 Å². The van der Waals surface area contributed by atoms with Crippen LogP contribution in [-0.2, 0) is 16.0 Å². The fraction of sp³-hybridized carbons (Fsp3) is 0.333. The molecule has 0 heterocycles. The summed E-state index contributed by atoms with van der Waals surface area (Å²) in [6.07, 6.45) is 0.516. The quantitative estimate of drug-likeness (QED) is 0.713. The van der Waals surface area contributed by atoms with Crippen LogP contribution in [-0.4, -0.2) is 25.5 Å². The minimum atomic E-state index is -0.306. The van der Waals surface area contributed by atoms with Crippen molar-refractivity contribution in [2.45, 2.75) is 32.6 Å². The van der Waals surface area contributed by atoms with Crippen LogP contribution in [0.5, 0.6) is 5.75 Å². The van der Waals surface area contributed by atoms with E-state index in [1.165, 1.54) is 0 Å². The first-order valence-electron chi connectivity index (χ1n) is 8.78. The first kappa shape index (κ1) is 19.5. The van der Waals surface area contributed by atoms with E-state index in [2.05, 4.69) is 24.5 Å². The van der Waals surface area contributed by atoms with E-state index in [9.17, 15) is 9.59 Å². The fourth-order valence-electron chi connectivity index (χ4n) is 2.66. The fourth-order valence-corrected chi connectivity index (χ4v) is 2.66. The number of para-hydroxylation sites is 1. The van der Waals surface area contributed by atoms with Gasteiger partial charge in [-0.05, 0) is 41.7 Å². The van der Waals surface area contributed by atoms with Gasteiger partial charge in [0.1, 0.15) is 12.2 Å². The lowest BCUT2D eigenvalue weighted by molar-refractivity contribution is -0.126. The van der Waals surface area contributed by atoms with Crippen molar-refractivity contribution in [2.75, 3.05) is 19.0 Å². The molecule has 0 aliphatic heterocycles. The molecular weight excluding hydrogens is 328 g/mol. The van der Waals surface area contributed by atoms with Gasteiger partial charge in [0, 0.05) is 12.2 Å². The topological polar surface area (TPSA) is 67.4 Å². The van der Waals surface area contributed by atoms with E-state index in [1.54, 1.807) is 7.11 Å². The maximum Gasteiger partial charge on any atom is 0.233 e. The summed E-state index contributed by atoms with van der Waals surface area (Å²) in [5.74, 6) is 0.513. The van der Waals surface area contributed by atoms with Gasteiger partial charge in [-0.1, -0.05) is 44.2 Å². The van der Waals surface area contributed by atoms with Crippen LogP contribution >= 0.6 is 0 Å². The number of methoxy groups -OCH3 is 1. The molecule has 138 valence electrons. The largest absolute Gasteiger partial charge is 0.497 e. The Bertz CT molecular complexity index is 739. The second-order valence-electron chi connectivity index (χ2n) is 6.41. The third kappa shape index (κ3) is 5.92. The van der Waals surface area contributed by atoms with Crippen LogP contribution in [0.4, 0.5) is 5.69 Å². The molecule has 5 nitrogen and oxygen atoms in total. The standard InChI is InChI=1S/C21H26N2O3/c1-15(2)18-6-4-5-7-19(18)23-21(25)14-20(24)22-13-12-16-8-10-17(26-3)11-9-16/h4-11,15H,12-14H2,1-3H3,(H,22,24)(H,23,25). The van der Waals surface area contributed by atoms with Gasteiger partial charge in [-0.3, -0.25) is 9.59 Å². The summed E-state index contributed by atoms with van der Waals surface area (Å²) in [5, 5.41) is 5.61. The number of carbonyl (C=O) groups excluding carboxylic acids is 2. The summed E-state index contributed by atoms with van der Waals surface area (Å²) < 4.78 is 5.11. The Labute approximate surface area is 154 Å². The van der Waals surface area contributed by atoms with Crippen LogP contribution in [0.15, 0.2) is 48.5 Å². The molecular formula is C21H26N2O3. The molecule has 0 radical (unpaired) electrons. The number of carbonyl (C=O) groups is 2. The lowest BCUT2D eigenvalue weighted by atomic mass is 10.0. The highest BCUT2D eigenvalue weighted by Crippen LogP contribution is 2.23. The van der Waals surface area contributed by atoms with Gasteiger partial charge in [0.15, 0.2) is 0 Å². The predicted octanol–water partition coefficient (Wildman–Crippen LogP) is 3.51. The summed E-state index contributed by atoms with van der Waals surface area (Å²) >= 11 is 0. The van der Waals surface area contributed by atoms with E-state index in [-0.39, 0.29) is 18.2 Å². The van der Waals surface area contributed by atoms with Crippen LogP contribution in [0.2, 0.25) is 0 Å². The minimum absolute atomic E-state index is 0.185. The molecule has 0 bridgehead atoms. The highest BCUT2D eigenvalue weighted by atomic mass is 16.5. The second kappa shape index (κ2) is 9.61.